The van der Waals surface area contributed by atoms with E-state index in [1.54, 1.807) is 7.11 Å². The van der Waals surface area contributed by atoms with Crippen LogP contribution in [-0.2, 0) is 9.53 Å². The van der Waals surface area contributed by atoms with Crippen LogP contribution in [0.2, 0.25) is 0 Å². The van der Waals surface area contributed by atoms with E-state index < -0.39 is 6.10 Å². The van der Waals surface area contributed by atoms with E-state index in [4.69, 9.17) is 4.74 Å². The number of hydrogen-bond acceptors (Lipinski definition) is 3. The lowest BCUT2D eigenvalue weighted by molar-refractivity contribution is -0.122. The van der Waals surface area contributed by atoms with Gasteiger partial charge in [0.15, 0.2) is 0 Å². The SMILES string of the molecule is CO[C@@H](C)CC(=O)C[C@H](C)[C@@H](O)c1ccccc1. The normalized spacial score (nSPS) is 16.0. The summed E-state index contributed by atoms with van der Waals surface area (Å²) in [7, 11) is 1.60. The van der Waals surface area contributed by atoms with Crippen LogP contribution in [0.15, 0.2) is 30.3 Å². The third kappa shape index (κ3) is 4.59. The zero-order valence-electron chi connectivity index (χ0n) is 11.3. The Labute approximate surface area is 109 Å². The predicted molar refractivity (Wildman–Crippen MR) is 71.3 cm³/mol. The first-order valence-corrected chi connectivity index (χ1v) is 6.32. The van der Waals surface area contributed by atoms with Crippen LogP contribution in [0.1, 0.15) is 38.4 Å². The van der Waals surface area contributed by atoms with Gasteiger partial charge in [0.1, 0.15) is 5.78 Å². The van der Waals surface area contributed by atoms with Crippen LogP contribution in [-0.4, -0.2) is 24.1 Å². The number of methoxy groups -OCH3 is 1. The van der Waals surface area contributed by atoms with Crippen molar-refractivity contribution in [1.82, 2.24) is 0 Å². The van der Waals surface area contributed by atoms with Crippen molar-refractivity contribution in [3.63, 3.8) is 0 Å². The number of ether oxygens (including phenoxy) is 1. The molecule has 3 atom stereocenters. The molecule has 3 nitrogen and oxygen atoms in total. The Balaban J connectivity index is 2.50. The number of Topliss-reactive ketones (excluding diaryl/α,β-unsaturated/α-hetero) is 1. The fraction of sp³-hybridized carbons (Fsp3) is 0.533. The lowest BCUT2D eigenvalue weighted by Crippen LogP contribution is -2.18. The number of carbonyl (C=O) groups is 1. The molecule has 0 aromatic heterocycles. The van der Waals surface area contributed by atoms with Crippen LogP contribution < -0.4 is 0 Å². The van der Waals surface area contributed by atoms with E-state index in [0.29, 0.717) is 12.8 Å². The van der Waals surface area contributed by atoms with Gasteiger partial charge in [0.05, 0.1) is 12.2 Å². The molecule has 0 unspecified atom stereocenters. The second-order valence-electron chi connectivity index (χ2n) is 4.83. The van der Waals surface area contributed by atoms with Crippen LogP contribution in [0.4, 0.5) is 0 Å². The van der Waals surface area contributed by atoms with Gasteiger partial charge in [-0.15, -0.1) is 0 Å². The topological polar surface area (TPSA) is 46.5 Å². The van der Waals surface area contributed by atoms with E-state index in [9.17, 15) is 9.90 Å². The number of carbonyl (C=O) groups excluding carboxylic acids is 1. The molecular weight excluding hydrogens is 228 g/mol. The maximum atomic E-state index is 11.8. The Morgan fingerprint density at radius 3 is 2.39 bits per heavy atom. The van der Waals surface area contributed by atoms with Crippen molar-refractivity contribution in [3.8, 4) is 0 Å². The smallest absolute Gasteiger partial charge is 0.135 e. The Hall–Kier alpha value is -1.19. The summed E-state index contributed by atoms with van der Waals surface area (Å²) < 4.78 is 5.06. The van der Waals surface area contributed by atoms with Crippen molar-refractivity contribution in [2.75, 3.05) is 7.11 Å². The lowest BCUT2D eigenvalue weighted by Gasteiger charge is -2.19. The highest BCUT2D eigenvalue weighted by Gasteiger charge is 2.20. The van der Waals surface area contributed by atoms with E-state index in [1.165, 1.54) is 0 Å². The molecule has 0 bridgehead atoms. The second-order valence-corrected chi connectivity index (χ2v) is 4.83. The predicted octanol–water partition coefficient (Wildman–Crippen LogP) is 2.74. The molecule has 0 aliphatic heterocycles. The van der Waals surface area contributed by atoms with Gasteiger partial charge in [0.25, 0.3) is 0 Å². The standard InChI is InChI=1S/C15H22O3/c1-11(9-14(16)10-12(2)18-3)15(17)13-7-5-4-6-8-13/h4-8,11-12,15,17H,9-10H2,1-3H3/t11-,12-,15+/m0/s1. The number of aliphatic hydroxyl groups excluding tert-OH is 1. The summed E-state index contributed by atoms with van der Waals surface area (Å²) in [5, 5.41) is 10.1. The Bertz CT molecular complexity index is 361. The molecule has 1 aromatic carbocycles. The third-order valence-electron chi connectivity index (χ3n) is 3.15. The zero-order chi connectivity index (χ0) is 13.5. The quantitative estimate of drug-likeness (QED) is 0.809. The summed E-state index contributed by atoms with van der Waals surface area (Å²) in [5.74, 6) is 0.0517. The van der Waals surface area contributed by atoms with Crippen molar-refractivity contribution >= 4 is 5.78 Å². The van der Waals surface area contributed by atoms with Crippen LogP contribution in [0.3, 0.4) is 0 Å². The van der Waals surface area contributed by atoms with Crippen LogP contribution >= 0.6 is 0 Å². The lowest BCUT2D eigenvalue weighted by atomic mass is 9.92. The van der Waals surface area contributed by atoms with E-state index >= 15 is 0 Å². The van der Waals surface area contributed by atoms with Gasteiger partial charge >= 0.3 is 0 Å². The summed E-state index contributed by atoms with van der Waals surface area (Å²) >= 11 is 0. The average molecular weight is 250 g/mol. The molecule has 0 aliphatic carbocycles. The second kappa shape index (κ2) is 7.29. The molecule has 0 saturated heterocycles. The Kier molecular flexibility index (Phi) is 6.02. The van der Waals surface area contributed by atoms with Gasteiger partial charge in [0.2, 0.25) is 0 Å². The van der Waals surface area contributed by atoms with Crippen LogP contribution in [0, 0.1) is 5.92 Å². The average Bonchev–Trinajstić information content (AvgIpc) is 2.38. The Morgan fingerprint density at radius 1 is 1.22 bits per heavy atom. The number of hydrogen-bond donors (Lipinski definition) is 1. The molecule has 0 heterocycles. The van der Waals surface area contributed by atoms with Crippen LogP contribution in [0.5, 0.6) is 0 Å². The van der Waals surface area contributed by atoms with Gasteiger partial charge in [-0.3, -0.25) is 4.79 Å². The molecule has 0 aliphatic rings. The summed E-state index contributed by atoms with van der Waals surface area (Å²) in [6.07, 6.45) is 0.137. The molecule has 0 amide bonds. The first-order valence-electron chi connectivity index (χ1n) is 6.32. The number of benzene rings is 1. The van der Waals surface area contributed by atoms with Gasteiger partial charge in [-0.05, 0) is 18.4 Å². The molecular formula is C15H22O3. The van der Waals surface area contributed by atoms with Crippen molar-refractivity contribution in [3.05, 3.63) is 35.9 Å². The minimum absolute atomic E-state index is 0.0569. The van der Waals surface area contributed by atoms with Crippen molar-refractivity contribution < 1.29 is 14.6 Å². The van der Waals surface area contributed by atoms with E-state index in [1.807, 2.05) is 44.2 Å². The molecule has 3 heteroatoms. The molecule has 0 spiro atoms. The summed E-state index contributed by atoms with van der Waals surface area (Å²) in [6.45, 7) is 3.77. The van der Waals surface area contributed by atoms with Crippen molar-refractivity contribution in [1.29, 1.82) is 0 Å². The van der Waals surface area contributed by atoms with E-state index in [-0.39, 0.29) is 17.8 Å². The molecule has 0 saturated carbocycles. The first-order chi connectivity index (χ1) is 8.54. The van der Waals surface area contributed by atoms with Gasteiger partial charge in [-0.25, -0.2) is 0 Å². The summed E-state index contributed by atoms with van der Waals surface area (Å²) in [4.78, 5) is 11.8. The van der Waals surface area contributed by atoms with Crippen molar-refractivity contribution in [2.24, 2.45) is 5.92 Å². The van der Waals surface area contributed by atoms with Crippen molar-refractivity contribution in [2.45, 2.75) is 38.9 Å². The molecule has 0 radical (unpaired) electrons. The van der Waals surface area contributed by atoms with Crippen LogP contribution in [0.25, 0.3) is 0 Å². The highest BCUT2D eigenvalue weighted by atomic mass is 16.5. The molecule has 18 heavy (non-hydrogen) atoms. The van der Waals surface area contributed by atoms with Gasteiger partial charge < -0.3 is 9.84 Å². The van der Waals surface area contributed by atoms with Gasteiger partial charge in [0, 0.05) is 20.0 Å². The maximum absolute atomic E-state index is 11.8. The van der Waals surface area contributed by atoms with E-state index in [2.05, 4.69) is 0 Å². The molecule has 1 aromatic rings. The highest BCUT2D eigenvalue weighted by Crippen LogP contribution is 2.24. The largest absolute Gasteiger partial charge is 0.388 e. The first kappa shape index (κ1) is 14.9. The molecule has 0 fully saturated rings. The summed E-state index contributed by atoms with van der Waals surface area (Å²) in [6, 6.07) is 9.44. The fourth-order valence-electron chi connectivity index (χ4n) is 1.94. The van der Waals surface area contributed by atoms with E-state index in [0.717, 1.165) is 5.56 Å². The number of ketones is 1. The third-order valence-corrected chi connectivity index (χ3v) is 3.15. The molecule has 1 N–H and O–H groups in total. The number of aliphatic hydroxyl groups is 1. The Morgan fingerprint density at radius 2 is 1.83 bits per heavy atom. The zero-order valence-corrected chi connectivity index (χ0v) is 11.3. The monoisotopic (exact) mass is 250 g/mol. The summed E-state index contributed by atoms with van der Waals surface area (Å²) in [5.41, 5.74) is 0.859. The number of rotatable bonds is 7. The van der Waals surface area contributed by atoms with Gasteiger partial charge in [-0.2, -0.15) is 0 Å². The highest BCUT2D eigenvalue weighted by molar-refractivity contribution is 5.79. The maximum Gasteiger partial charge on any atom is 0.135 e. The molecule has 100 valence electrons. The van der Waals surface area contributed by atoms with Gasteiger partial charge in [-0.1, -0.05) is 37.3 Å². The fourth-order valence-corrected chi connectivity index (χ4v) is 1.94. The molecule has 1 rings (SSSR count). The minimum Gasteiger partial charge on any atom is -0.388 e. The minimum atomic E-state index is -0.590.